The fourth-order valence-electron chi connectivity index (χ4n) is 2.29. The monoisotopic (exact) mass is 354 g/mol. The molecule has 0 spiro atoms. The Hall–Kier alpha value is -2.48. The molecule has 0 unspecified atom stereocenters. The van der Waals surface area contributed by atoms with E-state index in [0.29, 0.717) is 36.1 Å². The molecular weight excluding hydrogens is 328 g/mol. The van der Waals surface area contributed by atoms with Crippen molar-refractivity contribution in [2.45, 2.75) is 13.3 Å². The Balaban J connectivity index is 2.95. The summed E-state index contributed by atoms with van der Waals surface area (Å²) in [5, 5.41) is 2.72. The van der Waals surface area contributed by atoms with Gasteiger partial charge in [0.05, 0.1) is 33.6 Å². The van der Waals surface area contributed by atoms with Crippen molar-refractivity contribution in [2.24, 2.45) is 0 Å². The summed E-state index contributed by atoms with van der Waals surface area (Å²) >= 11 is 0. The maximum absolute atomic E-state index is 12.0. The highest BCUT2D eigenvalue weighted by Crippen LogP contribution is 2.41. The van der Waals surface area contributed by atoms with Crippen LogP contribution in [0, 0.1) is 0 Å². The normalized spacial score (nSPS) is 10.1. The molecule has 8 nitrogen and oxygen atoms in total. The molecule has 1 rings (SSSR count). The Labute approximate surface area is 148 Å². The standard InChI is InChI=1S/C17H26N2O6/c1-12(20)19(8-6-16(21)18-7-9-22-2)13-10-14(23-3)17(25-5)15(11-13)24-4/h10-11H,6-9H2,1-5H3,(H,18,21). The van der Waals surface area contributed by atoms with Crippen LogP contribution >= 0.6 is 0 Å². The lowest BCUT2D eigenvalue weighted by atomic mass is 10.2. The van der Waals surface area contributed by atoms with Crippen LogP contribution < -0.4 is 24.4 Å². The summed E-state index contributed by atoms with van der Waals surface area (Å²) in [5.41, 5.74) is 0.562. The molecule has 0 heterocycles. The molecule has 140 valence electrons. The minimum Gasteiger partial charge on any atom is -0.493 e. The number of rotatable bonds is 10. The first-order chi connectivity index (χ1) is 12.0. The second kappa shape index (κ2) is 10.4. The predicted octanol–water partition coefficient (Wildman–Crippen LogP) is 1.22. The van der Waals surface area contributed by atoms with Gasteiger partial charge >= 0.3 is 0 Å². The Morgan fingerprint density at radius 2 is 1.64 bits per heavy atom. The molecule has 0 atom stereocenters. The van der Waals surface area contributed by atoms with E-state index in [1.807, 2.05) is 0 Å². The van der Waals surface area contributed by atoms with Crippen LogP contribution in [-0.4, -0.2) is 59.9 Å². The number of ether oxygens (including phenoxy) is 4. The van der Waals surface area contributed by atoms with Crippen molar-refractivity contribution in [3.8, 4) is 17.2 Å². The van der Waals surface area contributed by atoms with Gasteiger partial charge in [-0.3, -0.25) is 9.59 Å². The molecule has 0 fully saturated rings. The number of anilines is 1. The smallest absolute Gasteiger partial charge is 0.223 e. The van der Waals surface area contributed by atoms with Gasteiger partial charge in [-0.1, -0.05) is 0 Å². The first-order valence-corrected chi connectivity index (χ1v) is 7.82. The molecule has 0 aliphatic heterocycles. The quantitative estimate of drug-likeness (QED) is 0.636. The molecule has 0 aliphatic rings. The molecule has 0 radical (unpaired) electrons. The molecule has 8 heteroatoms. The molecule has 0 aliphatic carbocycles. The van der Waals surface area contributed by atoms with E-state index in [1.54, 1.807) is 19.2 Å². The van der Waals surface area contributed by atoms with Gasteiger partial charge in [0.25, 0.3) is 0 Å². The highest BCUT2D eigenvalue weighted by atomic mass is 16.5. The molecule has 25 heavy (non-hydrogen) atoms. The third-order valence-electron chi connectivity index (χ3n) is 3.53. The fraction of sp³-hybridized carbons (Fsp3) is 0.529. The summed E-state index contributed by atoms with van der Waals surface area (Å²) in [4.78, 5) is 25.4. The Kier molecular flexibility index (Phi) is 8.55. The second-order valence-corrected chi connectivity index (χ2v) is 5.15. The summed E-state index contributed by atoms with van der Waals surface area (Å²) in [6, 6.07) is 3.34. The minimum atomic E-state index is -0.195. The van der Waals surface area contributed by atoms with Crippen LogP contribution in [0.4, 0.5) is 5.69 Å². The van der Waals surface area contributed by atoms with Gasteiger partial charge in [-0.25, -0.2) is 0 Å². The van der Waals surface area contributed by atoms with Gasteiger partial charge in [0.1, 0.15) is 0 Å². The maximum Gasteiger partial charge on any atom is 0.223 e. The van der Waals surface area contributed by atoms with Gasteiger partial charge in [0, 0.05) is 45.7 Å². The molecule has 1 aromatic rings. The lowest BCUT2D eigenvalue weighted by Crippen LogP contribution is -2.34. The fourth-order valence-corrected chi connectivity index (χ4v) is 2.29. The van der Waals surface area contributed by atoms with E-state index in [0.717, 1.165) is 0 Å². The van der Waals surface area contributed by atoms with E-state index in [4.69, 9.17) is 18.9 Å². The minimum absolute atomic E-state index is 0.157. The average Bonchev–Trinajstić information content (AvgIpc) is 2.60. The summed E-state index contributed by atoms with van der Waals surface area (Å²) < 4.78 is 20.8. The van der Waals surface area contributed by atoms with E-state index in [2.05, 4.69) is 5.32 Å². The lowest BCUT2D eigenvalue weighted by Gasteiger charge is -2.23. The van der Waals surface area contributed by atoms with Gasteiger partial charge in [-0.15, -0.1) is 0 Å². The second-order valence-electron chi connectivity index (χ2n) is 5.15. The van der Waals surface area contributed by atoms with Crippen LogP contribution in [0.15, 0.2) is 12.1 Å². The molecule has 0 saturated heterocycles. The average molecular weight is 354 g/mol. The molecule has 0 saturated carbocycles. The van der Waals surface area contributed by atoms with Crippen molar-refractivity contribution in [2.75, 3.05) is 53.0 Å². The maximum atomic E-state index is 12.0. The van der Waals surface area contributed by atoms with Gasteiger partial charge in [0.2, 0.25) is 17.6 Å². The van der Waals surface area contributed by atoms with Crippen LogP contribution in [-0.2, 0) is 14.3 Å². The number of carbonyl (C=O) groups excluding carboxylic acids is 2. The molecule has 1 aromatic carbocycles. The van der Waals surface area contributed by atoms with Crippen LogP contribution in [0.5, 0.6) is 17.2 Å². The number of amides is 2. The highest BCUT2D eigenvalue weighted by Gasteiger charge is 2.19. The third-order valence-corrected chi connectivity index (χ3v) is 3.53. The van der Waals surface area contributed by atoms with Gasteiger partial charge in [-0.2, -0.15) is 0 Å². The summed E-state index contributed by atoms with van der Waals surface area (Å²) in [6.45, 7) is 2.54. The van der Waals surface area contributed by atoms with Crippen LogP contribution in [0.1, 0.15) is 13.3 Å². The van der Waals surface area contributed by atoms with Crippen molar-refractivity contribution >= 4 is 17.5 Å². The number of methoxy groups -OCH3 is 4. The van der Waals surface area contributed by atoms with E-state index < -0.39 is 0 Å². The van der Waals surface area contributed by atoms with Crippen molar-refractivity contribution in [3.63, 3.8) is 0 Å². The SMILES string of the molecule is COCCNC(=O)CCN(C(C)=O)c1cc(OC)c(OC)c(OC)c1. The zero-order chi connectivity index (χ0) is 18.8. The molecule has 1 N–H and O–H groups in total. The summed E-state index contributed by atoms with van der Waals surface area (Å²) in [7, 11) is 6.08. The van der Waals surface area contributed by atoms with Crippen molar-refractivity contribution < 1.29 is 28.5 Å². The molecule has 2 amide bonds. The third kappa shape index (κ3) is 5.82. The van der Waals surface area contributed by atoms with E-state index in [1.165, 1.54) is 33.2 Å². The number of nitrogens with one attached hydrogen (secondary N) is 1. The van der Waals surface area contributed by atoms with Crippen LogP contribution in [0.3, 0.4) is 0 Å². The predicted molar refractivity (Wildman–Crippen MR) is 93.6 cm³/mol. The van der Waals surface area contributed by atoms with Gasteiger partial charge in [-0.05, 0) is 0 Å². The van der Waals surface area contributed by atoms with Crippen LogP contribution in [0.2, 0.25) is 0 Å². The van der Waals surface area contributed by atoms with E-state index in [-0.39, 0.29) is 24.8 Å². The number of hydrogen-bond acceptors (Lipinski definition) is 6. The number of benzene rings is 1. The Morgan fingerprint density at radius 3 is 2.08 bits per heavy atom. The van der Waals surface area contributed by atoms with Crippen LogP contribution in [0.25, 0.3) is 0 Å². The summed E-state index contributed by atoms with van der Waals surface area (Å²) in [5.74, 6) is 0.963. The molecule has 0 bridgehead atoms. The number of hydrogen-bond donors (Lipinski definition) is 1. The topological polar surface area (TPSA) is 86.3 Å². The Bertz CT molecular complexity index is 565. The van der Waals surface area contributed by atoms with E-state index >= 15 is 0 Å². The van der Waals surface area contributed by atoms with E-state index in [9.17, 15) is 9.59 Å². The lowest BCUT2D eigenvalue weighted by molar-refractivity contribution is -0.121. The van der Waals surface area contributed by atoms with Gasteiger partial charge < -0.3 is 29.2 Å². The van der Waals surface area contributed by atoms with Gasteiger partial charge in [0.15, 0.2) is 11.5 Å². The zero-order valence-electron chi connectivity index (χ0n) is 15.4. The van der Waals surface area contributed by atoms with Crippen molar-refractivity contribution in [1.82, 2.24) is 5.32 Å². The first-order valence-electron chi connectivity index (χ1n) is 7.82. The molecular formula is C17H26N2O6. The first kappa shape index (κ1) is 20.6. The van der Waals surface area contributed by atoms with Crippen molar-refractivity contribution in [1.29, 1.82) is 0 Å². The number of nitrogens with zero attached hydrogens (tertiary/aromatic N) is 1. The molecule has 0 aromatic heterocycles. The zero-order valence-corrected chi connectivity index (χ0v) is 15.4. The summed E-state index contributed by atoms with van der Waals surface area (Å²) in [6.07, 6.45) is 0.167. The largest absolute Gasteiger partial charge is 0.493 e. The van der Waals surface area contributed by atoms with Crippen molar-refractivity contribution in [3.05, 3.63) is 12.1 Å². The highest BCUT2D eigenvalue weighted by molar-refractivity contribution is 5.93. The Morgan fingerprint density at radius 1 is 1.04 bits per heavy atom. The number of carbonyl (C=O) groups is 2.